The van der Waals surface area contributed by atoms with Crippen molar-refractivity contribution < 1.29 is 45.7 Å². The summed E-state index contributed by atoms with van der Waals surface area (Å²) in [6, 6.07) is 4.29. The van der Waals surface area contributed by atoms with Gasteiger partial charge in [-0.1, -0.05) is 0 Å². The van der Waals surface area contributed by atoms with E-state index in [0.29, 0.717) is 6.08 Å². The van der Waals surface area contributed by atoms with Crippen molar-refractivity contribution in [3.05, 3.63) is 47.8 Å². The molecule has 2 aromatic rings. The minimum atomic E-state index is -5.06. The van der Waals surface area contributed by atoms with E-state index >= 15 is 0 Å². The highest BCUT2D eigenvalue weighted by molar-refractivity contribution is 5.96. The number of fused-ring (bicyclic) bond motifs is 1. The zero-order chi connectivity index (χ0) is 20.7. The minimum Gasteiger partial charge on any atom is -0.478 e. The summed E-state index contributed by atoms with van der Waals surface area (Å²) in [7, 11) is 0. The Morgan fingerprint density at radius 1 is 1.11 bits per heavy atom. The van der Waals surface area contributed by atoms with Crippen LogP contribution in [0.3, 0.4) is 0 Å². The predicted octanol–water partition coefficient (Wildman–Crippen LogP) is 4.44. The number of hydrogen-bond acceptors (Lipinski definition) is 4. The van der Waals surface area contributed by atoms with Crippen molar-refractivity contribution in [3.8, 4) is 22.6 Å². The molecule has 0 fully saturated rings. The first-order valence-electron chi connectivity index (χ1n) is 7.48. The van der Waals surface area contributed by atoms with Gasteiger partial charge in [0, 0.05) is 23.5 Å². The summed E-state index contributed by atoms with van der Waals surface area (Å²) < 4.78 is 86.4. The van der Waals surface area contributed by atoms with Crippen LogP contribution in [0.5, 0.6) is 11.5 Å². The normalized spacial score (nSPS) is 16.6. The van der Waals surface area contributed by atoms with Crippen molar-refractivity contribution in [1.82, 2.24) is 4.98 Å². The molecule has 0 spiro atoms. The molecule has 1 aliphatic heterocycles. The molecular weight excluding hydrogens is 396 g/mol. The number of ether oxygens (including phenoxy) is 2. The Kier molecular flexibility index (Phi) is 4.69. The van der Waals surface area contributed by atoms with Crippen molar-refractivity contribution in [3.63, 3.8) is 0 Å². The summed E-state index contributed by atoms with van der Waals surface area (Å²) in [5.74, 6) is -3.08. The van der Waals surface area contributed by atoms with E-state index in [4.69, 9.17) is 9.84 Å². The topological polar surface area (TPSA) is 68.7 Å². The average Bonchev–Trinajstić information content (AvgIpc) is 2.58. The molecule has 0 bridgehead atoms. The van der Waals surface area contributed by atoms with Gasteiger partial charge in [-0.2, -0.15) is 13.2 Å². The molecule has 0 aliphatic carbocycles. The summed E-state index contributed by atoms with van der Waals surface area (Å²) in [5.41, 5.74) is -1.41. The van der Waals surface area contributed by atoms with Gasteiger partial charge in [0.15, 0.2) is 0 Å². The molecule has 0 radical (unpaired) electrons. The number of aromatic nitrogens is 1. The molecule has 1 N–H and O–H groups in total. The number of rotatable bonds is 3. The van der Waals surface area contributed by atoms with Crippen molar-refractivity contribution in [2.45, 2.75) is 18.6 Å². The van der Waals surface area contributed by atoms with Crippen LogP contribution in [0.15, 0.2) is 42.2 Å². The first kappa shape index (κ1) is 19.5. The fraction of sp³-hybridized carbons (Fsp3) is 0.176. The maximum Gasteiger partial charge on any atom is 0.573 e. The molecule has 0 saturated carbocycles. The van der Waals surface area contributed by atoms with Gasteiger partial charge in [0.25, 0.3) is 0 Å². The summed E-state index contributed by atoms with van der Waals surface area (Å²) in [5, 5.41) is 9.07. The van der Waals surface area contributed by atoms with E-state index in [1.54, 1.807) is 0 Å². The maximum atomic E-state index is 13.3. The van der Waals surface area contributed by atoms with Crippen molar-refractivity contribution in [2.75, 3.05) is 0 Å². The van der Waals surface area contributed by atoms with E-state index in [1.165, 1.54) is 24.5 Å². The molecule has 1 atom stereocenters. The lowest BCUT2D eigenvalue weighted by molar-refractivity contribution is -0.274. The second-order valence-electron chi connectivity index (χ2n) is 5.62. The van der Waals surface area contributed by atoms with Crippen LogP contribution >= 0.6 is 0 Å². The van der Waals surface area contributed by atoms with Crippen molar-refractivity contribution in [1.29, 1.82) is 0 Å². The van der Waals surface area contributed by atoms with E-state index in [9.17, 15) is 31.1 Å². The van der Waals surface area contributed by atoms with Gasteiger partial charge in [-0.3, -0.25) is 4.98 Å². The van der Waals surface area contributed by atoms with E-state index in [1.807, 2.05) is 0 Å². The van der Waals surface area contributed by atoms with Crippen LogP contribution in [0.1, 0.15) is 5.56 Å². The molecule has 2 heterocycles. The molecule has 28 heavy (non-hydrogen) atoms. The highest BCUT2D eigenvalue weighted by atomic mass is 19.4. The fourth-order valence-corrected chi connectivity index (χ4v) is 2.64. The Hall–Kier alpha value is -3.24. The van der Waals surface area contributed by atoms with Crippen molar-refractivity contribution >= 4 is 12.0 Å². The average molecular weight is 405 g/mol. The summed E-state index contributed by atoms with van der Waals surface area (Å²) in [6.45, 7) is 0. The van der Waals surface area contributed by atoms with Gasteiger partial charge in [0.1, 0.15) is 11.5 Å². The molecule has 148 valence electrons. The third-order valence-electron chi connectivity index (χ3n) is 3.69. The lowest BCUT2D eigenvalue weighted by atomic mass is 9.96. The lowest BCUT2D eigenvalue weighted by Crippen LogP contribution is -2.40. The highest BCUT2D eigenvalue weighted by Gasteiger charge is 2.49. The number of pyridine rings is 1. The monoisotopic (exact) mass is 405 g/mol. The number of halogens is 6. The molecule has 1 aliphatic rings. The number of carboxylic acids is 1. The number of carbonyl (C=O) groups is 1. The molecule has 1 aromatic carbocycles. The summed E-state index contributed by atoms with van der Waals surface area (Å²) >= 11 is 0. The van der Waals surface area contributed by atoms with Crippen LogP contribution in [-0.2, 0) is 4.79 Å². The molecule has 5 nitrogen and oxygen atoms in total. The third kappa shape index (κ3) is 4.02. The van der Waals surface area contributed by atoms with E-state index in [2.05, 4.69) is 9.72 Å². The van der Waals surface area contributed by atoms with Crippen LogP contribution in [0.2, 0.25) is 0 Å². The number of nitrogens with zero attached hydrogens (tertiary/aromatic N) is 1. The van der Waals surface area contributed by atoms with E-state index in [0.717, 1.165) is 12.1 Å². The van der Waals surface area contributed by atoms with Gasteiger partial charge < -0.3 is 14.6 Å². The van der Waals surface area contributed by atoms with Gasteiger partial charge in [-0.25, -0.2) is 4.79 Å². The Bertz CT molecular complexity index is 937. The molecule has 11 heteroatoms. The second kappa shape index (κ2) is 6.73. The molecule has 1 aromatic heterocycles. The number of carboxylic acid groups (broad SMARTS) is 1. The standard InChI is InChI=1S/C17H9F6NO4/c18-16(19,20)14-12(15(25)26)6-9-5-10(28-17(21,22)23)7-11(13(9)27-14)8-1-3-24-4-2-8/h1-7,14H,(H,25,26). The van der Waals surface area contributed by atoms with Crippen LogP contribution in [0.25, 0.3) is 17.2 Å². The minimum absolute atomic E-state index is 0.144. The quantitative estimate of drug-likeness (QED) is 0.765. The van der Waals surface area contributed by atoms with Crippen LogP contribution in [-0.4, -0.2) is 34.7 Å². The van der Waals surface area contributed by atoms with Crippen LogP contribution < -0.4 is 9.47 Å². The Morgan fingerprint density at radius 3 is 2.29 bits per heavy atom. The Balaban J connectivity index is 2.24. The zero-order valence-electron chi connectivity index (χ0n) is 13.5. The van der Waals surface area contributed by atoms with E-state index < -0.39 is 41.7 Å². The largest absolute Gasteiger partial charge is 0.573 e. The smallest absolute Gasteiger partial charge is 0.478 e. The van der Waals surface area contributed by atoms with Crippen molar-refractivity contribution in [2.24, 2.45) is 0 Å². The van der Waals surface area contributed by atoms with Gasteiger partial charge in [-0.05, 0) is 35.9 Å². The SMILES string of the molecule is O=C(O)C1=Cc2cc(OC(F)(F)F)cc(-c3ccncc3)c2OC1C(F)(F)F. The number of alkyl halides is 6. The molecule has 0 saturated heterocycles. The van der Waals surface area contributed by atoms with Gasteiger partial charge in [0.2, 0.25) is 6.10 Å². The molecule has 1 unspecified atom stereocenters. The fourth-order valence-electron chi connectivity index (χ4n) is 2.64. The Labute approximate surface area is 152 Å². The molecule has 3 rings (SSSR count). The third-order valence-corrected chi connectivity index (χ3v) is 3.69. The highest BCUT2D eigenvalue weighted by Crippen LogP contribution is 2.45. The summed E-state index contributed by atoms with van der Waals surface area (Å²) in [4.78, 5) is 15.0. The van der Waals surface area contributed by atoms with Crippen LogP contribution in [0.4, 0.5) is 26.3 Å². The van der Waals surface area contributed by atoms with Gasteiger partial charge >= 0.3 is 18.5 Å². The molecule has 0 amide bonds. The van der Waals surface area contributed by atoms with E-state index in [-0.39, 0.29) is 16.7 Å². The van der Waals surface area contributed by atoms with Gasteiger partial charge in [0.05, 0.1) is 5.57 Å². The van der Waals surface area contributed by atoms with Gasteiger partial charge in [-0.15, -0.1) is 13.2 Å². The zero-order valence-corrected chi connectivity index (χ0v) is 13.5. The Morgan fingerprint density at radius 2 is 1.75 bits per heavy atom. The number of aliphatic carboxylic acids is 1. The first-order chi connectivity index (χ1) is 13.0. The number of hydrogen-bond donors (Lipinski definition) is 1. The lowest BCUT2D eigenvalue weighted by Gasteiger charge is -2.29. The maximum absolute atomic E-state index is 13.3. The molecular formula is C17H9F6NO4. The second-order valence-corrected chi connectivity index (χ2v) is 5.62. The van der Waals surface area contributed by atoms with Crippen LogP contribution in [0, 0.1) is 0 Å². The predicted molar refractivity (Wildman–Crippen MR) is 82.4 cm³/mol. The first-order valence-corrected chi connectivity index (χ1v) is 7.48. The number of benzene rings is 1. The summed E-state index contributed by atoms with van der Waals surface area (Å²) in [6.07, 6.45) is -9.73.